The Morgan fingerprint density at radius 1 is 1.07 bits per heavy atom. The molecule has 1 fully saturated rings. The second-order valence-corrected chi connectivity index (χ2v) is 7.46. The van der Waals surface area contributed by atoms with Gasteiger partial charge >= 0.3 is 6.09 Å². The van der Waals surface area contributed by atoms with E-state index in [1.165, 1.54) is 0 Å². The highest BCUT2D eigenvalue weighted by Crippen LogP contribution is 2.33. The summed E-state index contributed by atoms with van der Waals surface area (Å²) in [6.07, 6.45) is 0.645. The molecule has 1 saturated heterocycles. The molecule has 2 aliphatic heterocycles. The second kappa shape index (κ2) is 8.61. The number of hydrogen-bond donors (Lipinski definition) is 2. The molecule has 154 valence electrons. The average molecular weight is 398 g/mol. The fourth-order valence-electron chi connectivity index (χ4n) is 3.51. The Labute approximate surface area is 170 Å². The number of rotatable bonds is 5. The molecule has 7 heteroatoms. The van der Waals surface area contributed by atoms with E-state index >= 15 is 0 Å². The molecule has 0 aromatic heterocycles. The van der Waals surface area contributed by atoms with Crippen molar-refractivity contribution in [2.45, 2.75) is 25.0 Å². The molecular weight excluding hydrogens is 372 g/mol. The van der Waals surface area contributed by atoms with Gasteiger partial charge in [-0.3, -0.25) is 0 Å². The minimum Gasteiger partial charge on any atom is -0.486 e. The molecule has 0 spiro atoms. The number of benzene rings is 2. The van der Waals surface area contributed by atoms with Crippen molar-refractivity contribution >= 4 is 11.8 Å². The van der Waals surface area contributed by atoms with Crippen molar-refractivity contribution in [1.82, 2.24) is 4.90 Å². The number of carbonyl (C=O) groups excluding carboxylic acids is 1. The van der Waals surface area contributed by atoms with Gasteiger partial charge in [0, 0.05) is 31.4 Å². The van der Waals surface area contributed by atoms with Gasteiger partial charge in [0.1, 0.15) is 19.8 Å². The van der Waals surface area contributed by atoms with E-state index in [2.05, 4.69) is 5.32 Å². The van der Waals surface area contributed by atoms with Gasteiger partial charge in [0.15, 0.2) is 11.5 Å². The molecule has 0 unspecified atom stereocenters. The first kappa shape index (κ1) is 19.4. The summed E-state index contributed by atoms with van der Waals surface area (Å²) >= 11 is 0. The van der Waals surface area contributed by atoms with Gasteiger partial charge in [0.05, 0.1) is 5.60 Å². The van der Waals surface area contributed by atoms with E-state index in [0.29, 0.717) is 51.4 Å². The van der Waals surface area contributed by atoms with Crippen molar-refractivity contribution in [3.63, 3.8) is 0 Å². The van der Waals surface area contributed by atoms with Gasteiger partial charge in [-0.15, -0.1) is 0 Å². The van der Waals surface area contributed by atoms with Crippen molar-refractivity contribution in [2.75, 3.05) is 38.2 Å². The van der Waals surface area contributed by atoms with Crippen LogP contribution in [0.2, 0.25) is 0 Å². The number of hydrogen-bond acceptors (Lipinski definition) is 6. The Balaban J connectivity index is 1.24. The number of piperidine rings is 1. The fraction of sp³-hybridized carbons (Fsp3) is 0.409. The van der Waals surface area contributed by atoms with Crippen LogP contribution in [0.3, 0.4) is 0 Å². The van der Waals surface area contributed by atoms with Gasteiger partial charge in [0.25, 0.3) is 0 Å². The quantitative estimate of drug-likeness (QED) is 0.806. The third kappa shape index (κ3) is 4.92. The third-order valence-corrected chi connectivity index (χ3v) is 5.32. The van der Waals surface area contributed by atoms with E-state index in [9.17, 15) is 9.90 Å². The number of fused-ring (bicyclic) bond motifs is 1. The summed E-state index contributed by atoms with van der Waals surface area (Å²) in [6.45, 7) is 2.69. The van der Waals surface area contributed by atoms with E-state index in [4.69, 9.17) is 14.2 Å². The lowest BCUT2D eigenvalue weighted by Crippen LogP contribution is -2.50. The van der Waals surface area contributed by atoms with Crippen LogP contribution >= 0.6 is 0 Å². The van der Waals surface area contributed by atoms with E-state index < -0.39 is 5.60 Å². The van der Waals surface area contributed by atoms with Crippen molar-refractivity contribution in [2.24, 2.45) is 0 Å². The molecule has 2 aliphatic rings. The Kier molecular flexibility index (Phi) is 5.76. The number of carbonyl (C=O) groups is 1. The predicted octanol–water partition coefficient (Wildman–Crippen LogP) is 3.03. The Morgan fingerprint density at radius 3 is 2.55 bits per heavy atom. The highest BCUT2D eigenvalue weighted by atomic mass is 16.6. The van der Waals surface area contributed by atoms with E-state index in [1.807, 2.05) is 48.5 Å². The Morgan fingerprint density at radius 2 is 1.79 bits per heavy atom. The number of nitrogens with zero attached hydrogens (tertiary/aromatic N) is 1. The van der Waals surface area contributed by atoms with Gasteiger partial charge in [0.2, 0.25) is 0 Å². The van der Waals surface area contributed by atoms with Crippen LogP contribution in [-0.2, 0) is 11.3 Å². The number of aliphatic hydroxyl groups is 1. The summed E-state index contributed by atoms with van der Waals surface area (Å²) in [5.41, 5.74) is 0.953. The maximum Gasteiger partial charge on any atom is 0.410 e. The number of amides is 1. The van der Waals surface area contributed by atoms with Crippen molar-refractivity contribution in [3.8, 4) is 11.5 Å². The van der Waals surface area contributed by atoms with Gasteiger partial charge in [-0.25, -0.2) is 4.79 Å². The summed E-state index contributed by atoms with van der Waals surface area (Å²) < 4.78 is 16.5. The van der Waals surface area contributed by atoms with Gasteiger partial charge in [-0.2, -0.15) is 0 Å². The zero-order valence-electron chi connectivity index (χ0n) is 16.3. The average Bonchev–Trinajstić information content (AvgIpc) is 2.77. The van der Waals surface area contributed by atoms with Crippen LogP contribution in [0, 0.1) is 0 Å². The van der Waals surface area contributed by atoms with Crippen molar-refractivity contribution in [3.05, 3.63) is 54.1 Å². The molecule has 2 heterocycles. The highest BCUT2D eigenvalue weighted by Gasteiger charge is 2.34. The lowest BCUT2D eigenvalue weighted by Gasteiger charge is -2.38. The molecule has 0 atom stereocenters. The summed E-state index contributed by atoms with van der Waals surface area (Å²) in [6, 6.07) is 15.3. The minimum atomic E-state index is -0.872. The molecule has 0 aliphatic carbocycles. The fourth-order valence-corrected chi connectivity index (χ4v) is 3.51. The summed E-state index contributed by atoms with van der Waals surface area (Å²) in [7, 11) is 0. The summed E-state index contributed by atoms with van der Waals surface area (Å²) in [5.74, 6) is 1.45. The van der Waals surface area contributed by atoms with Gasteiger partial charge in [-0.1, -0.05) is 30.3 Å². The normalized spacial score (nSPS) is 17.5. The maximum absolute atomic E-state index is 12.3. The Hall–Kier alpha value is -2.93. The lowest BCUT2D eigenvalue weighted by molar-refractivity contribution is -0.0110. The van der Waals surface area contributed by atoms with Crippen LogP contribution in [0.4, 0.5) is 10.5 Å². The molecule has 2 N–H and O–H groups in total. The van der Waals surface area contributed by atoms with Crippen LogP contribution in [0.5, 0.6) is 11.5 Å². The van der Waals surface area contributed by atoms with Crippen molar-refractivity contribution in [1.29, 1.82) is 0 Å². The monoisotopic (exact) mass is 398 g/mol. The first-order valence-corrected chi connectivity index (χ1v) is 9.93. The highest BCUT2D eigenvalue weighted by molar-refractivity contribution is 5.67. The van der Waals surface area contributed by atoms with E-state index in [0.717, 1.165) is 17.0 Å². The molecule has 2 aromatic rings. The number of likely N-dealkylation sites (tertiary alicyclic amines) is 1. The SMILES string of the molecule is O=C(OCc1ccccc1)N1CCC(O)(CNc2ccc3c(c2)OCCO3)CC1. The topological polar surface area (TPSA) is 80.3 Å². The zero-order chi connectivity index (χ0) is 20.1. The molecule has 1 amide bonds. The smallest absolute Gasteiger partial charge is 0.410 e. The van der Waals surface area contributed by atoms with Gasteiger partial charge < -0.3 is 29.5 Å². The Bertz CT molecular complexity index is 834. The van der Waals surface area contributed by atoms with Crippen LogP contribution in [0.1, 0.15) is 18.4 Å². The van der Waals surface area contributed by atoms with Crippen LogP contribution < -0.4 is 14.8 Å². The second-order valence-electron chi connectivity index (χ2n) is 7.46. The molecule has 7 nitrogen and oxygen atoms in total. The summed E-state index contributed by atoms with van der Waals surface area (Å²) in [4.78, 5) is 13.9. The molecular formula is C22H26N2O5. The number of nitrogens with one attached hydrogen (secondary N) is 1. The largest absolute Gasteiger partial charge is 0.486 e. The van der Waals surface area contributed by atoms with E-state index in [1.54, 1.807) is 4.90 Å². The van der Waals surface area contributed by atoms with Crippen LogP contribution in [-0.4, -0.2) is 54.5 Å². The van der Waals surface area contributed by atoms with Gasteiger partial charge in [-0.05, 0) is 30.5 Å². The molecule has 0 saturated carbocycles. The molecule has 2 aromatic carbocycles. The molecule has 0 radical (unpaired) electrons. The molecule has 4 rings (SSSR count). The zero-order valence-corrected chi connectivity index (χ0v) is 16.3. The predicted molar refractivity (Wildman–Crippen MR) is 108 cm³/mol. The first-order valence-electron chi connectivity index (χ1n) is 9.93. The third-order valence-electron chi connectivity index (χ3n) is 5.32. The summed E-state index contributed by atoms with van der Waals surface area (Å²) in [5, 5.41) is 14.2. The molecule has 29 heavy (non-hydrogen) atoms. The van der Waals surface area contributed by atoms with E-state index in [-0.39, 0.29) is 12.7 Å². The lowest BCUT2D eigenvalue weighted by atomic mass is 9.91. The van der Waals surface area contributed by atoms with Crippen LogP contribution in [0.15, 0.2) is 48.5 Å². The minimum absolute atomic E-state index is 0.256. The first-order chi connectivity index (χ1) is 14.1. The number of ether oxygens (including phenoxy) is 3. The molecule has 0 bridgehead atoms. The number of anilines is 1. The maximum atomic E-state index is 12.3. The van der Waals surface area contributed by atoms with Crippen LogP contribution in [0.25, 0.3) is 0 Å². The standard InChI is InChI=1S/C22H26N2O5/c25-21(29-15-17-4-2-1-3-5-17)24-10-8-22(26,9-11-24)16-23-18-6-7-19-20(14-18)28-13-12-27-19/h1-7,14,23,26H,8-13,15-16H2. The van der Waals surface area contributed by atoms with Crippen molar-refractivity contribution < 1.29 is 24.1 Å².